The van der Waals surface area contributed by atoms with E-state index in [1.807, 2.05) is 42.5 Å². The minimum absolute atomic E-state index is 0.209. The smallest absolute Gasteiger partial charge is 0.258 e. The van der Waals surface area contributed by atoms with E-state index in [0.29, 0.717) is 17.4 Å². The average molecular weight is 360 g/mol. The lowest BCUT2D eigenvalue weighted by Gasteiger charge is -2.13. The van der Waals surface area contributed by atoms with Crippen molar-refractivity contribution in [2.24, 2.45) is 0 Å². The second kappa shape index (κ2) is 8.94. The van der Waals surface area contributed by atoms with Crippen LogP contribution >= 0.6 is 0 Å². The summed E-state index contributed by atoms with van der Waals surface area (Å²) >= 11 is 0. The molecule has 0 radical (unpaired) electrons. The summed E-state index contributed by atoms with van der Waals surface area (Å²) in [6, 6.07) is 18.1. The molecular formula is C22H24N4O. The number of nitrogens with zero attached hydrogens (tertiary/aromatic N) is 2. The summed E-state index contributed by atoms with van der Waals surface area (Å²) < 4.78 is 0. The Balaban J connectivity index is 1.57. The van der Waals surface area contributed by atoms with Gasteiger partial charge in [0.2, 0.25) is 5.95 Å². The van der Waals surface area contributed by atoms with E-state index in [9.17, 15) is 4.79 Å². The normalized spacial score (nSPS) is 10.6. The Kier molecular flexibility index (Phi) is 6.15. The van der Waals surface area contributed by atoms with Gasteiger partial charge < -0.3 is 10.6 Å². The van der Waals surface area contributed by atoms with Crippen molar-refractivity contribution in [3.8, 4) is 0 Å². The number of carbonyl (C=O) groups is 1. The summed E-state index contributed by atoms with van der Waals surface area (Å²) in [5, 5.41) is 6.13. The predicted octanol–water partition coefficient (Wildman–Crippen LogP) is 4.51. The van der Waals surface area contributed by atoms with E-state index < -0.39 is 0 Å². The molecule has 0 aliphatic carbocycles. The molecule has 5 nitrogen and oxygen atoms in total. The van der Waals surface area contributed by atoms with Crippen molar-refractivity contribution in [3.63, 3.8) is 0 Å². The molecule has 0 atom stereocenters. The zero-order chi connectivity index (χ0) is 19.1. The minimum atomic E-state index is -0.209. The van der Waals surface area contributed by atoms with E-state index >= 15 is 0 Å². The van der Waals surface area contributed by atoms with Gasteiger partial charge >= 0.3 is 0 Å². The highest BCUT2D eigenvalue weighted by Crippen LogP contribution is 2.24. The molecule has 2 aromatic carbocycles. The molecule has 0 saturated heterocycles. The number of hydrogen-bond donors (Lipinski definition) is 2. The fourth-order valence-corrected chi connectivity index (χ4v) is 2.81. The van der Waals surface area contributed by atoms with E-state index in [2.05, 4.69) is 46.6 Å². The molecule has 27 heavy (non-hydrogen) atoms. The topological polar surface area (TPSA) is 66.9 Å². The van der Waals surface area contributed by atoms with Gasteiger partial charge in [0.25, 0.3) is 5.91 Å². The van der Waals surface area contributed by atoms with Crippen LogP contribution in [0.4, 0.5) is 11.6 Å². The first-order valence-electron chi connectivity index (χ1n) is 9.13. The van der Waals surface area contributed by atoms with E-state index in [-0.39, 0.29) is 5.91 Å². The predicted molar refractivity (Wildman–Crippen MR) is 109 cm³/mol. The maximum absolute atomic E-state index is 12.5. The molecule has 0 unspecified atom stereocenters. The van der Waals surface area contributed by atoms with E-state index in [0.717, 1.165) is 24.2 Å². The number of hydrogen-bond acceptors (Lipinski definition) is 4. The zero-order valence-electron chi connectivity index (χ0n) is 15.6. The fraction of sp³-hybridized carbons (Fsp3) is 0.227. The van der Waals surface area contributed by atoms with Gasteiger partial charge in [-0.2, -0.15) is 0 Å². The molecule has 1 amide bonds. The third-order valence-electron chi connectivity index (χ3n) is 4.28. The third kappa shape index (κ3) is 5.14. The maximum atomic E-state index is 12.5. The number of rotatable bonds is 7. The molecule has 0 aliphatic heterocycles. The molecule has 1 heterocycles. The molecule has 0 bridgehead atoms. The van der Waals surface area contributed by atoms with Gasteiger partial charge in [-0.25, -0.2) is 9.97 Å². The number of para-hydroxylation sites is 1. The Bertz CT molecular complexity index is 876. The van der Waals surface area contributed by atoms with Gasteiger partial charge in [0.05, 0.1) is 5.56 Å². The molecule has 0 spiro atoms. The molecule has 5 heteroatoms. The number of aromatic nitrogens is 2. The van der Waals surface area contributed by atoms with E-state index in [4.69, 9.17) is 0 Å². The summed E-state index contributed by atoms with van der Waals surface area (Å²) in [5.74, 6) is 0.637. The van der Waals surface area contributed by atoms with Crippen LogP contribution in [0.3, 0.4) is 0 Å². The van der Waals surface area contributed by atoms with Gasteiger partial charge in [-0.3, -0.25) is 4.79 Å². The second-order valence-electron chi connectivity index (χ2n) is 6.65. The monoisotopic (exact) mass is 360 g/mol. The van der Waals surface area contributed by atoms with Crippen molar-refractivity contribution < 1.29 is 4.79 Å². The lowest BCUT2D eigenvalue weighted by molar-refractivity contribution is 0.102. The third-order valence-corrected chi connectivity index (χ3v) is 4.28. The quantitative estimate of drug-likeness (QED) is 0.651. The van der Waals surface area contributed by atoms with Crippen LogP contribution in [0.25, 0.3) is 0 Å². The second-order valence-corrected chi connectivity index (χ2v) is 6.65. The number of anilines is 2. The van der Waals surface area contributed by atoms with Crippen molar-refractivity contribution in [2.45, 2.75) is 26.2 Å². The van der Waals surface area contributed by atoms with Crippen LogP contribution in [0.1, 0.15) is 41.3 Å². The average Bonchev–Trinajstić information content (AvgIpc) is 2.69. The number of nitrogens with one attached hydrogen (secondary N) is 2. The van der Waals surface area contributed by atoms with Crippen LogP contribution in [0.2, 0.25) is 0 Å². The number of benzene rings is 2. The van der Waals surface area contributed by atoms with Crippen molar-refractivity contribution in [1.29, 1.82) is 0 Å². The van der Waals surface area contributed by atoms with Crippen molar-refractivity contribution >= 4 is 17.5 Å². The first-order valence-corrected chi connectivity index (χ1v) is 9.13. The van der Waals surface area contributed by atoms with Gasteiger partial charge in [0, 0.05) is 24.6 Å². The van der Waals surface area contributed by atoms with Gasteiger partial charge in [-0.15, -0.1) is 0 Å². The van der Waals surface area contributed by atoms with Crippen LogP contribution in [-0.2, 0) is 6.42 Å². The molecule has 0 saturated carbocycles. The van der Waals surface area contributed by atoms with Crippen LogP contribution in [-0.4, -0.2) is 22.4 Å². The highest BCUT2D eigenvalue weighted by atomic mass is 16.1. The van der Waals surface area contributed by atoms with Gasteiger partial charge in [0.15, 0.2) is 0 Å². The Hall–Kier alpha value is -3.21. The van der Waals surface area contributed by atoms with Crippen LogP contribution in [0.5, 0.6) is 0 Å². The summed E-state index contributed by atoms with van der Waals surface area (Å²) in [7, 11) is 0. The summed E-state index contributed by atoms with van der Waals surface area (Å²) in [6.45, 7) is 4.94. The Morgan fingerprint density at radius 1 is 0.963 bits per heavy atom. The summed E-state index contributed by atoms with van der Waals surface area (Å²) in [5.41, 5.74) is 3.61. The molecule has 3 aromatic rings. The molecular weight excluding hydrogens is 336 g/mol. The SMILES string of the molecule is CC(C)c1ccccc1NC(=O)c1cnc(NCCc2ccccc2)nc1. The van der Waals surface area contributed by atoms with Gasteiger partial charge in [-0.1, -0.05) is 62.4 Å². The first-order chi connectivity index (χ1) is 13.1. The Labute approximate surface area is 159 Å². The lowest BCUT2D eigenvalue weighted by Crippen LogP contribution is -2.15. The maximum Gasteiger partial charge on any atom is 0.258 e. The molecule has 2 N–H and O–H groups in total. The molecule has 0 fully saturated rings. The van der Waals surface area contributed by atoms with Crippen LogP contribution in [0.15, 0.2) is 67.0 Å². The van der Waals surface area contributed by atoms with E-state index in [1.165, 1.54) is 5.56 Å². The van der Waals surface area contributed by atoms with Crippen LogP contribution in [0, 0.1) is 0 Å². The molecule has 3 rings (SSSR count). The lowest BCUT2D eigenvalue weighted by atomic mass is 10.0. The zero-order valence-corrected chi connectivity index (χ0v) is 15.6. The standard InChI is InChI=1S/C22H24N4O/c1-16(2)19-10-6-7-11-20(19)26-21(27)18-14-24-22(25-15-18)23-13-12-17-8-4-3-5-9-17/h3-11,14-16H,12-13H2,1-2H3,(H,26,27)(H,23,24,25). The molecule has 138 valence electrons. The van der Waals surface area contributed by atoms with Gasteiger partial charge in [-0.05, 0) is 29.5 Å². The molecule has 0 aliphatic rings. The van der Waals surface area contributed by atoms with Crippen molar-refractivity contribution in [1.82, 2.24) is 9.97 Å². The largest absolute Gasteiger partial charge is 0.354 e. The highest BCUT2D eigenvalue weighted by molar-refractivity contribution is 6.04. The Morgan fingerprint density at radius 3 is 2.33 bits per heavy atom. The van der Waals surface area contributed by atoms with Crippen molar-refractivity contribution in [3.05, 3.63) is 83.7 Å². The summed E-state index contributed by atoms with van der Waals surface area (Å²) in [4.78, 5) is 21.0. The number of amides is 1. The number of carbonyl (C=O) groups excluding carboxylic acids is 1. The van der Waals surface area contributed by atoms with Gasteiger partial charge in [0.1, 0.15) is 0 Å². The van der Waals surface area contributed by atoms with E-state index in [1.54, 1.807) is 12.4 Å². The first kappa shape index (κ1) is 18.6. The minimum Gasteiger partial charge on any atom is -0.354 e. The Morgan fingerprint density at radius 2 is 1.63 bits per heavy atom. The molecule has 1 aromatic heterocycles. The summed E-state index contributed by atoms with van der Waals surface area (Å²) in [6.07, 6.45) is 3.98. The highest BCUT2D eigenvalue weighted by Gasteiger charge is 2.11. The van der Waals surface area contributed by atoms with Crippen molar-refractivity contribution in [2.75, 3.05) is 17.2 Å². The fourth-order valence-electron chi connectivity index (χ4n) is 2.81. The van der Waals surface area contributed by atoms with Crippen LogP contribution < -0.4 is 10.6 Å².